The molecule has 1 rings (SSSR count). The van der Waals surface area contributed by atoms with Crippen LogP contribution in [0.15, 0.2) is 21.5 Å². The first-order chi connectivity index (χ1) is 8.54. The van der Waals surface area contributed by atoms with Crippen LogP contribution >= 0.6 is 0 Å². The van der Waals surface area contributed by atoms with E-state index < -0.39 is 19.7 Å². The second-order valence-corrected chi connectivity index (χ2v) is 24.6. The van der Waals surface area contributed by atoms with Crippen LogP contribution in [-0.2, 0) is 19.7 Å². The van der Waals surface area contributed by atoms with Crippen LogP contribution in [0.5, 0.6) is 0 Å². The predicted molar refractivity (Wildman–Crippen MR) is 82.6 cm³/mol. The Bertz CT molecular complexity index is 376. The molecule has 0 aromatic heterocycles. The molecule has 0 unspecified atom stereocenters. The minimum absolute atomic E-state index is 0.218. The molecule has 0 atom stereocenters. The molecule has 0 N–H and O–H groups in total. The predicted octanol–water partition coefficient (Wildman–Crippen LogP) is 3.17. The summed E-state index contributed by atoms with van der Waals surface area (Å²) in [7, 11) is 13.6. The molecule has 4 heteroatoms. The Morgan fingerprint density at radius 3 is 1.53 bits per heavy atom. The van der Waals surface area contributed by atoms with Gasteiger partial charge in [-0.3, -0.25) is 0 Å². The summed E-state index contributed by atoms with van der Waals surface area (Å²) in [5.74, 6) is 0. The molecule has 0 aromatic carbocycles. The van der Waals surface area contributed by atoms with Crippen LogP contribution in [0, 0.1) is 0 Å². The van der Waals surface area contributed by atoms with Crippen molar-refractivity contribution in [2.45, 2.75) is 30.3 Å². The Morgan fingerprint density at radius 2 is 1.32 bits per heavy atom. The van der Waals surface area contributed by atoms with E-state index in [0.717, 1.165) is 6.42 Å². The molecule has 0 saturated carbocycles. The molecule has 0 spiro atoms. The SMILES string of the molecule is C[N](C)[Zr]([C]1=CC=CC1)([N](C)C)([N](C)C)[C](C)(C)C. The van der Waals surface area contributed by atoms with E-state index in [4.69, 9.17) is 0 Å². The van der Waals surface area contributed by atoms with E-state index >= 15 is 0 Å². The van der Waals surface area contributed by atoms with Crippen molar-refractivity contribution < 1.29 is 19.7 Å². The first kappa shape index (κ1) is 17.3. The number of nitrogens with zero attached hydrogens (tertiary/aromatic N) is 3. The first-order valence-electron chi connectivity index (χ1n) is 7.07. The fourth-order valence-electron chi connectivity index (χ4n) is 5.34. The molecule has 0 aromatic rings. The number of hydrogen-bond acceptors (Lipinski definition) is 3. The third-order valence-electron chi connectivity index (χ3n) is 5.29. The standard InChI is InChI=1S/C5H5.C4H9.3C2H6N.Zr/c1-2-4-5-3-1;1-4(2)3;3*1-3-2;/h1-3H,4H2;1-3H3;3*1-2H3;/q;;3*-1;+3. The van der Waals surface area contributed by atoms with Gasteiger partial charge in [0.25, 0.3) is 0 Å². The van der Waals surface area contributed by atoms with Crippen molar-refractivity contribution >= 4 is 0 Å². The average Bonchev–Trinajstić information content (AvgIpc) is 2.68. The third kappa shape index (κ3) is 1.83. The molecule has 19 heavy (non-hydrogen) atoms. The molecule has 0 saturated heterocycles. The van der Waals surface area contributed by atoms with Crippen molar-refractivity contribution in [1.82, 2.24) is 8.53 Å². The van der Waals surface area contributed by atoms with E-state index in [1.54, 1.807) is 3.28 Å². The van der Waals surface area contributed by atoms with Crippen LogP contribution in [-0.4, -0.2) is 50.8 Å². The van der Waals surface area contributed by atoms with Gasteiger partial charge in [0.15, 0.2) is 0 Å². The van der Waals surface area contributed by atoms with Gasteiger partial charge >= 0.3 is 122 Å². The summed E-state index contributed by atoms with van der Waals surface area (Å²) in [5, 5.41) is 0. The van der Waals surface area contributed by atoms with Gasteiger partial charge in [0.2, 0.25) is 0 Å². The normalized spacial score (nSPS) is 19.2. The third-order valence-corrected chi connectivity index (χ3v) is 28.4. The molecule has 3 nitrogen and oxygen atoms in total. The van der Waals surface area contributed by atoms with Crippen molar-refractivity contribution in [2.75, 3.05) is 42.3 Å². The van der Waals surface area contributed by atoms with E-state index in [0.29, 0.717) is 0 Å². The summed E-state index contributed by atoms with van der Waals surface area (Å²) >= 11 is -3.69. The molecule has 0 radical (unpaired) electrons. The molecule has 0 aliphatic heterocycles. The van der Waals surface area contributed by atoms with E-state index in [1.165, 1.54) is 0 Å². The van der Waals surface area contributed by atoms with Crippen LogP contribution in [0.1, 0.15) is 27.2 Å². The van der Waals surface area contributed by atoms with Crippen LogP contribution in [0.3, 0.4) is 0 Å². The topological polar surface area (TPSA) is 9.72 Å². The quantitative estimate of drug-likeness (QED) is 0.775. The molecular formula is C15H32N3Zr. The summed E-state index contributed by atoms with van der Waals surface area (Å²) in [4.78, 5) is 0. The molecule has 0 amide bonds. The zero-order chi connectivity index (χ0) is 15.1. The van der Waals surface area contributed by atoms with Crippen molar-refractivity contribution in [2.24, 2.45) is 0 Å². The first-order valence-corrected chi connectivity index (χ1v) is 12.8. The minimum atomic E-state index is -3.69. The summed E-state index contributed by atoms with van der Waals surface area (Å²) in [6.07, 6.45) is 7.99. The van der Waals surface area contributed by atoms with Gasteiger partial charge in [-0.05, 0) is 0 Å². The molecule has 0 heterocycles. The Hall–Kier alpha value is 0.243. The van der Waals surface area contributed by atoms with E-state index in [9.17, 15) is 0 Å². The Morgan fingerprint density at radius 1 is 0.895 bits per heavy atom. The second kappa shape index (κ2) is 5.22. The van der Waals surface area contributed by atoms with Crippen molar-refractivity contribution in [3.05, 3.63) is 21.5 Å². The Kier molecular flexibility index (Phi) is 4.75. The molecule has 111 valence electrons. The summed E-state index contributed by atoms with van der Waals surface area (Å²) in [6, 6.07) is 0. The molecule has 0 bridgehead atoms. The van der Waals surface area contributed by atoms with Gasteiger partial charge in [-0.1, -0.05) is 0 Å². The monoisotopic (exact) mass is 344 g/mol. The number of allylic oxidation sites excluding steroid dienone is 4. The number of rotatable bonds is 4. The zero-order valence-electron chi connectivity index (χ0n) is 14.3. The zero-order valence-corrected chi connectivity index (χ0v) is 16.7. The Balaban J connectivity index is 3.80. The fourth-order valence-corrected chi connectivity index (χ4v) is 29.9. The number of hydrogen-bond donors (Lipinski definition) is 0. The van der Waals surface area contributed by atoms with E-state index in [1.807, 2.05) is 0 Å². The molecular weight excluding hydrogens is 313 g/mol. The van der Waals surface area contributed by atoms with Gasteiger partial charge in [-0.2, -0.15) is 0 Å². The second-order valence-electron chi connectivity index (χ2n) is 7.35. The van der Waals surface area contributed by atoms with Gasteiger partial charge in [0.05, 0.1) is 0 Å². The molecule has 0 fully saturated rings. The van der Waals surface area contributed by atoms with Gasteiger partial charge in [0.1, 0.15) is 0 Å². The van der Waals surface area contributed by atoms with Crippen LogP contribution in [0.25, 0.3) is 0 Å². The summed E-state index contributed by atoms with van der Waals surface area (Å²) in [5.41, 5.74) is 0. The average molecular weight is 346 g/mol. The van der Waals surface area contributed by atoms with Gasteiger partial charge in [-0.25, -0.2) is 0 Å². The summed E-state index contributed by atoms with van der Waals surface area (Å²) < 4.78 is 9.56. The van der Waals surface area contributed by atoms with Gasteiger partial charge < -0.3 is 0 Å². The van der Waals surface area contributed by atoms with Crippen LogP contribution in [0.2, 0.25) is 3.12 Å². The van der Waals surface area contributed by atoms with E-state index in [-0.39, 0.29) is 3.12 Å². The molecule has 1 aliphatic carbocycles. The van der Waals surface area contributed by atoms with Gasteiger partial charge in [0, 0.05) is 0 Å². The van der Waals surface area contributed by atoms with Crippen molar-refractivity contribution in [3.8, 4) is 0 Å². The van der Waals surface area contributed by atoms with Crippen LogP contribution in [0.4, 0.5) is 0 Å². The van der Waals surface area contributed by atoms with Crippen molar-refractivity contribution in [1.29, 1.82) is 0 Å². The molecule has 1 aliphatic rings. The maximum absolute atomic E-state index is 3.69. The van der Waals surface area contributed by atoms with E-state index in [2.05, 4.69) is 89.8 Å². The Labute approximate surface area is 122 Å². The van der Waals surface area contributed by atoms with Gasteiger partial charge in [-0.15, -0.1) is 0 Å². The summed E-state index contributed by atoms with van der Waals surface area (Å²) in [6.45, 7) is 7.24. The van der Waals surface area contributed by atoms with Crippen molar-refractivity contribution in [3.63, 3.8) is 0 Å². The fraction of sp³-hybridized carbons (Fsp3) is 0.733. The van der Waals surface area contributed by atoms with Crippen LogP contribution < -0.4 is 0 Å². The maximum atomic E-state index is 2.57.